The second-order valence-electron chi connectivity index (χ2n) is 5.09. The van der Waals surface area contributed by atoms with Crippen LogP contribution in [0.15, 0.2) is 0 Å². The first-order valence-corrected chi connectivity index (χ1v) is 8.02. The number of piperidine rings is 1. The van der Waals surface area contributed by atoms with E-state index in [9.17, 15) is 8.42 Å². The van der Waals surface area contributed by atoms with Crippen molar-refractivity contribution in [2.45, 2.75) is 44.6 Å². The highest BCUT2D eigenvalue weighted by atomic mass is 35.5. The second-order valence-corrected chi connectivity index (χ2v) is 6.89. The molecule has 0 spiro atoms. The molecule has 1 saturated heterocycles. The first kappa shape index (κ1) is 15.2. The average Bonchev–Trinajstić information content (AvgIpc) is 2.70. The van der Waals surface area contributed by atoms with Gasteiger partial charge in [0.05, 0.1) is 5.75 Å². The van der Waals surface area contributed by atoms with E-state index in [1.807, 2.05) is 0 Å². The minimum atomic E-state index is -3.05. The fourth-order valence-electron chi connectivity index (χ4n) is 2.74. The van der Waals surface area contributed by atoms with Crippen LogP contribution in [0.2, 0.25) is 0 Å². The van der Waals surface area contributed by atoms with Gasteiger partial charge in [0.25, 0.3) is 0 Å². The van der Waals surface area contributed by atoms with Gasteiger partial charge in [-0.05, 0) is 38.1 Å². The minimum absolute atomic E-state index is 0. The summed E-state index contributed by atoms with van der Waals surface area (Å²) in [5.41, 5.74) is 0. The van der Waals surface area contributed by atoms with Crippen molar-refractivity contribution in [3.63, 3.8) is 0 Å². The normalized spacial score (nSPS) is 26.7. The topological polar surface area (TPSA) is 58.2 Å². The lowest BCUT2D eigenvalue weighted by atomic mass is 10.1. The molecule has 0 bridgehead atoms. The summed E-state index contributed by atoms with van der Waals surface area (Å²) in [6.45, 7) is 1.80. The Hall–Kier alpha value is 0.160. The molecule has 102 valence electrons. The summed E-state index contributed by atoms with van der Waals surface area (Å²) in [5.74, 6) is 0.734. The molecule has 1 aliphatic heterocycles. The van der Waals surface area contributed by atoms with E-state index in [-0.39, 0.29) is 18.4 Å². The lowest BCUT2D eigenvalue weighted by Crippen LogP contribution is -2.46. The Morgan fingerprint density at radius 1 is 1.12 bits per heavy atom. The number of hydrogen-bond donors (Lipinski definition) is 2. The molecule has 0 aromatic heterocycles. The first-order chi connectivity index (χ1) is 7.66. The van der Waals surface area contributed by atoms with E-state index < -0.39 is 10.0 Å². The van der Waals surface area contributed by atoms with Crippen LogP contribution >= 0.6 is 12.4 Å². The van der Waals surface area contributed by atoms with E-state index in [1.54, 1.807) is 0 Å². The zero-order valence-electron chi connectivity index (χ0n) is 10.2. The van der Waals surface area contributed by atoms with E-state index in [1.165, 1.54) is 12.8 Å². The number of nitrogens with one attached hydrogen (secondary N) is 2. The zero-order valence-corrected chi connectivity index (χ0v) is 11.8. The smallest absolute Gasteiger partial charge is 0.212 e. The monoisotopic (exact) mass is 282 g/mol. The molecule has 0 aromatic carbocycles. The van der Waals surface area contributed by atoms with Crippen molar-refractivity contribution >= 4 is 22.4 Å². The number of rotatable bonds is 4. The third kappa shape index (κ3) is 5.12. The van der Waals surface area contributed by atoms with Gasteiger partial charge in [-0.2, -0.15) is 0 Å². The van der Waals surface area contributed by atoms with Crippen molar-refractivity contribution in [3.05, 3.63) is 0 Å². The maximum absolute atomic E-state index is 11.9. The van der Waals surface area contributed by atoms with Crippen molar-refractivity contribution in [2.24, 2.45) is 5.92 Å². The van der Waals surface area contributed by atoms with E-state index in [0.717, 1.165) is 38.8 Å². The summed E-state index contributed by atoms with van der Waals surface area (Å²) >= 11 is 0. The fourth-order valence-corrected chi connectivity index (χ4v) is 4.50. The van der Waals surface area contributed by atoms with Crippen LogP contribution in [0.5, 0.6) is 0 Å². The van der Waals surface area contributed by atoms with Crippen LogP contribution in [0.1, 0.15) is 38.5 Å². The standard InChI is InChI=1S/C11H22N2O2S.ClH/c14-16(15,9-10-4-1-2-5-10)13-11-6-3-7-12-8-11;/h10-13H,1-9H2;1H. The van der Waals surface area contributed by atoms with Gasteiger partial charge in [-0.25, -0.2) is 13.1 Å². The van der Waals surface area contributed by atoms with E-state index in [2.05, 4.69) is 10.0 Å². The molecule has 1 heterocycles. The Morgan fingerprint density at radius 2 is 1.82 bits per heavy atom. The summed E-state index contributed by atoms with van der Waals surface area (Å²) in [4.78, 5) is 0. The molecule has 0 aromatic rings. The number of sulfonamides is 1. The summed E-state index contributed by atoms with van der Waals surface area (Å²) in [5, 5.41) is 3.22. The van der Waals surface area contributed by atoms with Gasteiger partial charge in [-0.3, -0.25) is 0 Å². The maximum atomic E-state index is 11.9. The molecule has 1 saturated carbocycles. The Balaban J connectivity index is 0.00000144. The third-order valence-corrected chi connectivity index (χ3v) is 5.18. The van der Waals surface area contributed by atoms with Crippen LogP contribution in [0.25, 0.3) is 0 Å². The molecule has 0 radical (unpaired) electrons. The van der Waals surface area contributed by atoms with Gasteiger partial charge >= 0.3 is 0 Å². The highest BCUT2D eigenvalue weighted by molar-refractivity contribution is 7.89. The predicted molar refractivity (Wildman–Crippen MR) is 72.0 cm³/mol. The first-order valence-electron chi connectivity index (χ1n) is 6.36. The van der Waals surface area contributed by atoms with Crippen LogP contribution in [0.4, 0.5) is 0 Å². The van der Waals surface area contributed by atoms with Crippen molar-refractivity contribution in [3.8, 4) is 0 Å². The number of halogens is 1. The molecule has 2 aliphatic rings. The molecule has 4 nitrogen and oxygen atoms in total. The SMILES string of the molecule is Cl.O=S(=O)(CC1CCCC1)NC1CCCNC1. The van der Waals surface area contributed by atoms with Gasteiger partial charge in [0.15, 0.2) is 0 Å². The molecule has 6 heteroatoms. The quantitative estimate of drug-likeness (QED) is 0.816. The lowest BCUT2D eigenvalue weighted by molar-refractivity contribution is 0.426. The zero-order chi connectivity index (χ0) is 11.4. The lowest BCUT2D eigenvalue weighted by Gasteiger charge is -2.24. The highest BCUT2D eigenvalue weighted by Crippen LogP contribution is 2.25. The van der Waals surface area contributed by atoms with Gasteiger partial charge in [0.1, 0.15) is 0 Å². The van der Waals surface area contributed by atoms with Crippen LogP contribution in [0.3, 0.4) is 0 Å². The Bertz CT molecular complexity index is 309. The minimum Gasteiger partial charge on any atom is -0.315 e. The predicted octanol–water partition coefficient (Wildman–Crippen LogP) is 1.27. The molecule has 1 unspecified atom stereocenters. The molecule has 0 amide bonds. The van der Waals surface area contributed by atoms with E-state index in [0.29, 0.717) is 11.7 Å². The molecule has 2 rings (SSSR count). The van der Waals surface area contributed by atoms with Crippen LogP contribution < -0.4 is 10.0 Å². The molecular formula is C11H23ClN2O2S. The molecule has 1 aliphatic carbocycles. The largest absolute Gasteiger partial charge is 0.315 e. The van der Waals surface area contributed by atoms with Crippen molar-refractivity contribution < 1.29 is 8.42 Å². The molecule has 1 atom stereocenters. The van der Waals surface area contributed by atoms with E-state index >= 15 is 0 Å². The highest BCUT2D eigenvalue weighted by Gasteiger charge is 2.25. The van der Waals surface area contributed by atoms with Crippen molar-refractivity contribution in [1.29, 1.82) is 0 Å². The summed E-state index contributed by atoms with van der Waals surface area (Å²) in [6, 6.07) is 0.111. The van der Waals surface area contributed by atoms with Gasteiger partial charge in [-0.1, -0.05) is 12.8 Å². The van der Waals surface area contributed by atoms with Gasteiger partial charge in [0, 0.05) is 12.6 Å². The van der Waals surface area contributed by atoms with Crippen LogP contribution in [-0.4, -0.2) is 33.3 Å². The van der Waals surface area contributed by atoms with Gasteiger partial charge < -0.3 is 5.32 Å². The van der Waals surface area contributed by atoms with Crippen LogP contribution in [-0.2, 0) is 10.0 Å². The Morgan fingerprint density at radius 3 is 2.41 bits per heavy atom. The third-order valence-electron chi connectivity index (χ3n) is 3.57. The molecule has 2 fully saturated rings. The van der Waals surface area contributed by atoms with Crippen molar-refractivity contribution in [1.82, 2.24) is 10.0 Å². The molecule has 17 heavy (non-hydrogen) atoms. The Kier molecular flexibility index (Phi) is 6.20. The van der Waals surface area contributed by atoms with Gasteiger partial charge in [0.2, 0.25) is 10.0 Å². The second kappa shape index (κ2) is 6.92. The summed E-state index contributed by atoms with van der Waals surface area (Å²) in [6.07, 6.45) is 6.61. The maximum Gasteiger partial charge on any atom is 0.212 e. The summed E-state index contributed by atoms with van der Waals surface area (Å²) in [7, 11) is -3.05. The number of hydrogen-bond acceptors (Lipinski definition) is 3. The van der Waals surface area contributed by atoms with Crippen LogP contribution in [0, 0.1) is 5.92 Å². The fraction of sp³-hybridized carbons (Fsp3) is 1.00. The molecule has 2 N–H and O–H groups in total. The van der Waals surface area contributed by atoms with Gasteiger partial charge in [-0.15, -0.1) is 12.4 Å². The Labute approximate surface area is 110 Å². The summed E-state index contributed by atoms with van der Waals surface area (Å²) < 4.78 is 26.7. The van der Waals surface area contributed by atoms with Crippen molar-refractivity contribution in [2.75, 3.05) is 18.8 Å². The average molecular weight is 283 g/mol. The molecular weight excluding hydrogens is 260 g/mol. The van der Waals surface area contributed by atoms with E-state index in [4.69, 9.17) is 0 Å².